The second-order valence-corrected chi connectivity index (χ2v) is 3.70. The van der Waals surface area contributed by atoms with Gasteiger partial charge in [-0.2, -0.15) is 0 Å². The average molecular weight is 247 g/mol. The van der Waals surface area contributed by atoms with E-state index in [1.165, 1.54) is 6.08 Å². The van der Waals surface area contributed by atoms with Crippen molar-refractivity contribution < 1.29 is 14.3 Å². The largest absolute Gasteiger partial charge is 0.462 e. The van der Waals surface area contributed by atoms with Crippen molar-refractivity contribution in [2.24, 2.45) is 0 Å². The fraction of sp³-hybridized carbons (Fsp3) is 0.286. The van der Waals surface area contributed by atoms with Crippen LogP contribution in [0.3, 0.4) is 0 Å². The monoisotopic (exact) mass is 247 g/mol. The van der Waals surface area contributed by atoms with Gasteiger partial charge in [0.25, 0.3) is 0 Å². The molecule has 4 nitrogen and oxygen atoms in total. The van der Waals surface area contributed by atoms with E-state index >= 15 is 0 Å². The Labute approximate surface area is 107 Å². The number of amides is 1. The van der Waals surface area contributed by atoms with E-state index in [4.69, 9.17) is 4.74 Å². The van der Waals surface area contributed by atoms with E-state index in [2.05, 4.69) is 5.32 Å². The highest BCUT2D eigenvalue weighted by Gasteiger charge is 2.06. The molecule has 0 spiro atoms. The molecular formula is C14H17NO3. The van der Waals surface area contributed by atoms with Gasteiger partial charge in [-0.05, 0) is 43.7 Å². The molecule has 0 aliphatic carbocycles. The summed E-state index contributed by atoms with van der Waals surface area (Å²) in [7, 11) is 0. The summed E-state index contributed by atoms with van der Waals surface area (Å²) in [4.78, 5) is 22.8. The highest BCUT2D eigenvalue weighted by atomic mass is 16.5. The maximum atomic E-state index is 11.5. The number of carbonyl (C=O) groups excluding carboxylic acids is 2. The molecule has 0 aromatic heterocycles. The second-order valence-electron chi connectivity index (χ2n) is 3.70. The van der Waals surface area contributed by atoms with Crippen molar-refractivity contribution in [3.8, 4) is 0 Å². The van der Waals surface area contributed by atoms with Gasteiger partial charge in [0.15, 0.2) is 0 Å². The van der Waals surface area contributed by atoms with Crippen molar-refractivity contribution in [2.45, 2.75) is 20.3 Å². The zero-order chi connectivity index (χ0) is 13.4. The fourth-order valence-corrected chi connectivity index (χ4v) is 1.30. The molecule has 1 rings (SSSR count). The summed E-state index contributed by atoms with van der Waals surface area (Å²) >= 11 is 0. The third kappa shape index (κ3) is 4.41. The quantitative estimate of drug-likeness (QED) is 0.643. The third-order valence-electron chi connectivity index (χ3n) is 2.14. The van der Waals surface area contributed by atoms with Gasteiger partial charge in [-0.3, -0.25) is 4.79 Å². The molecule has 0 saturated heterocycles. The van der Waals surface area contributed by atoms with Crippen LogP contribution in [0.4, 0.5) is 5.69 Å². The van der Waals surface area contributed by atoms with Crippen molar-refractivity contribution in [1.29, 1.82) is 0 Å². The van der Waals surface area contributed by atoms with Gasteiger partial charge >= 0.3 is 5.97 Å². The molecule has 0 aliphatic heterocycles. The summed E-state index contributed by atoms with van der Waals surface area (Å²) in [5.74, 6) is -0.540. The van der Waals surface area contributed by atoms with Crippen LogP contribution in [-0.4, -0.2) is 18.5 Å². The highest BCUT2D eigenvalue weighted by Crippen LogP contribution is 2.10. The highest BCUT2D eigenvalue weighted by molar-refractivity contribution is 5.99. The number of nitrogens with one attached hydrogen (secondary N) is 1. The first-order chi connectivity index (χ1) is 8.67. The number of ether oxygens (including phenoxy) is 1. The van der Waals surface area contributed by atoms with Gasteiger partial charge < -0.3 is 10.1 Å². The van der Waals surface area contributed by atoms with Gasteiger partial charge in [0, 0.05) is 5.69 Å². The van der Waals surface area contributed by atoms with Crippen LogP contribution in [0.15, 0.2) is 36.4 Å². The van der Waals surface area contributed by atoms with Crippen LogP contribution in [-0.2, 0) is 9.53 Å². The summed E-state index contributed by atoms with van der Waals surface area (Å²) in [6.45, 7) is 4.12. The summed E-state index contributed by atoms with van der Waals surface area (Å²) in [6.07, 6.45) is 3.89. The van der Waals surface area contributed by atoms with Gasteiger partial charge in [0.1, 0.15) is 0 Å². The molecule has 1 N–H and O–H groups in total. The molecule has 1 aromatic carbocycles. The Morgan fingerprint density at radius 3 is 2.50 bits per heavy atom. The van der Waals surface area contributed by atoms with Crippen LogP contribution in [0.2, 0.25) is 0 Å². The first-order valence-corrected chi connectivity index (χ1v) is 5.88. The second kappa shape index (κ2) is 7.27. The number of allylic oxidation sites excluding steroid dienone is 1. The Balaban J connectivity index is 2.62. The number of carbonyl (C=O) groups is 2. The first kappa shape index (κ1) is 14.0. The molecule has 0 radical (unpaired) electrons. The standard InChI is InChI=1S/C14H17NO3/c1-3-5-13(16)15-12-8-6-11(7-9-12)14(17)18-10-4-2/h3,5-9H,4,10H2,1-2H3,(H,15,16)/b5-3+. The van der Waals surface area contributed by atoms with Gasteiger partial charge in [-0.25, -0.2) is 4.79 Å². The molecule has 0 bridgehead atoms. The van der Waals surface area contributed by atoms with Gasteiger partial charge in [0.2, 0.25) is 5.91 Å². The van der Waals surface area contributed by atoms with E-state index < -0.39 is 0 Å². The Morgan fingerprint density at radius 1 is 1.28 bits per heavy atom. The zero-order valence-electron chi connectivity index (χ0n) is 10.6. The normalized spacial score (nSPS) is 10.3. The van der Waals surface area contributed by atoms with Crippen molar-refractivity contribution in [3.05, 3.63) is 42.0 Å². The summed E-state index contributed by atoms with van der Waals surface area (Å²) in [6, 6.07) is 6.60. The molecule has 4 heteroatoms. The number of hydrogen-bond donors (Lipinski definition) is 1. The Bertz CT molecular complexity index is 435. The van der Waals surface area contributed by atoms with Gasteiger partial charge in [-0.1, -0.05) is 13.0 Å². The van der Waals surface area contributed by atoms with Crippen molar-refractivity contribution in [1.82, 2.24) is 0 Å². The smallest absolute Gasteiger partial charge is 0.338 e. The minimum atomic E-state index is -0.344. The molecule has 18 heavy (non-hydrogen) atoms. The lowest BCUT2D eigenvalue weighted by molar-refractivity contribution is -0.111. The number of esters is 1. The topological polar surface area (TPSA) is 55.4 Å². The Kier molecular flexibility index (Phi) is 5.64. The van der Waals surface area contributed by atoms with E-state index in [9.17, 15) is 9.59 Å². The molecular weight excluding hydrogens is 230 g/mol. The van der Waals surface area contributed by atoms with Crippen LogP contribution < -0.4 is 5.32 Å². The lowest BCUT2D eigenvalue weighted by atomic mass is 10.2. The molecule has 0 fully saturated rings. The number of rotatable bonds is 5. The van der Waals surface area contributed by atoms with Crippen molar-refractivity contribution >= 4 is 17.6 Å². The van der Waals surface area contributed by atoms with Crippen molar-refractivity contribution in [3.63, 3.8) is 0 Å². The molecule has 0 atom stereocenters. The van der Waals surface area contributed by atoms with E-state index in [0.717, 1.165) is 6.42 Å². The van der Waals surface area contributed by atoms with Crippen LogP contribution in [0, 0.1) is 0 Å². The zero-order valence-corrected chi connectivity index (χ0v) is 10.6. The summed E-state index contributed by atoms with van der Waals surface area (Å²) in [5.41, 5.74) is 1.12. The van der Waals surface area contributed by atoms with E-state index in [-0.39, 0.29) is 11.9 Å². The lowest BCUT2D eigenvalue weighted by Crippen LogP contribution is -2.09. The number of hydrogen-bond acceptors (Lipinski definition) is 3. The molecule has 0 saturated carbocycles. The summed E-state index contributed by atoms with van der Waals surface area (Å²) < 4.78 is 5.00. The predicted molar refractivity (Wildman–Crippen MR) is 70.5 cm³/mol. The maximum Gasteiger partial charge on any atom is 0.338 e. The van der Waals surface area contributed by atoms with Gasteiger partial charge in [0.05, 0.1) is 12.2 Å². The van der Waals surface area contributed by atoms with Crippen LogP contribution >= 0.6 is 0 Å². The molecule has 0 heterocycles. The minimum Gasteiger partial charge on any atom is -0.462 e. The lowest BCUT2D eigenvalue weighted by Gasteiger charge is -2.05. The van der Waals surface area contributed by atoms with E-state index in [0.29, 0.717) is 17.9 Å². The maximum absolute atomic E-state index is 11.5. The Morgan fingerprint density at radius 2 is 1.94 bits per heavy atom. The fourth-order valence-electron chi connectivity index (χ4n) is 1.30. The summed E-state index contributed by atoms with van der Waals surface area (Å²) in [5, 5.41) is 2.67. The van der Waals surface area contributed by atoms with Crippen LogP contribution in [0.25, 0.3) is 0 Å². The van der Waals surface area contributed by atoms with Crippen molar-refractivity contribution in [2.75, 3.05) is 11.9 Å². The molecule has 0 unspecified atom stereocenters. The molecule has 1 amide bonds. The SMILES string of the molecule is C/C=C/C(=O)Nc1ccc(C(=O)OCCC)cc1. The molecule has 96 valence electrons. The molecule has 1 aromatic rings. The van der Waals surface area contributed by atoms with E-state index in [1.807, 2.05) is 6.92 Å². The minimum absolute atomic E-state index is 0.196. The first-order valence-electron chi connectivity index (χ1n) is 5.88. The van der Waals surface area contributed by atoms with Crippen LogP contribution in [0.1, 0.15) is 30.6 Å². The van der Waals surface area contributed by atoms with Crippen LogP contribution in [0.5, 0.6) is 0 Å². The average Bonchev–Trinajstić information content (AvgIpc) is 2.37. The third-order valence-corrected chi connectivity index (χ3v) is 2.14. The Hall–Kier alpha value is -2.10. The molecule has 0 aliphatic rings. The number of anilines is 1. The number of benzene rings is 1. The van der Waals surface area contributed by atoms with E-state index in [1.54, 1.807) is 37.3 Å². The predicted octanol–water partition coefficient (Wildman–Crippen LogP) is 2.77. The van der Waals surface area contributed by atoms with Gasteiger partial charge in [-0.15, -0.1) is 0 Å².